The molecule has 1 aromatic carbocycles. The van der Waals surface area contributed by atoms with Crippen molar-refractivity contribution >= 4 is 11.8 Å². The topological polar surface area (TPSA) is 49.4 Å². The van der Waals surface area contributed by atoms with E-state index in [0.717, 1.165) is 32.4 Å². The molecule has 1 atom stereocenters. The smallest absolute Gasteiger partial charge is 0.222 e. The molecule has 1 N–H and O–H groups in total. The van der Waals surface area contributed by atoms with E-state index in [9.17, 15) is 9.59 Å². The molecule has 0 aromatic heterocycles. The summed E-state index contributed by atoms with van der Waals surface area (Å²) in [7, 11) is 0. The van der Waals surface area contributed by atoms with Crippen LogP contribution in [0.3, 0.4) is 0 Å². The quantitative estimate of drug-likeness (QED) is 0.645. The fourth-order valence-corrected chi connectivity index (χ4v) is 3.51. The van der Waals surface area contributed by atoms with Crippen molar-refractivity contribution in [1.82, 2.24) is 10.2 Å². The Hall–Kier alpha value is -2.10. The highest BCUT2D eigenvalue weighted by atomic mass is 16.2. The van der Waals surface area contributed by atoms with E-state index < -0.39 is 0 Å². The van der Waals surface area contributed by atoms with Crippen molar-refractivity contribution in [2.75, 3.05) is 13.1 Å². The average Bonchev–Trinajstić information content (AvgIpc) is 3.11. The van der Waals surface area contributed by atoms with Gasteiger partial charge in [-0.2, -0.15) is 0 Å². The van der Waals surface area contributed by atoms with Gasteiger partial charge in [-0.3, -0.25) is 9.59 Å². The number of fused-ring (bicyclic) bond motifs is 1. The number of allylic oxidation sites excluding steroid dienone is 2. The first kappa shape index (κ1) is 16.7. The molecule has 0 bridgehead atoms. The van der Waals surface area contributed by atoms with Crippen LogP contribution in [0.25, 0.3) is 0 Å². The molecule has 0 unspecified atom stereocenters. The molecule has 0 saturated carbocycles. The van der Waals surface area contributed by atoms with Gasteiger partial charge in [-0.25, -0.2) is 0 Å². The van der Waals surface area contributed by atoms with Gasteiger partial charge in [-0.15, -0.1) is 0 Å². The molecule has 0 saturated heterocycles. The molecule has 0 spiro atoms. The predicted octanol–water partition coefficient (Wildman–Crippen LogP) is 2.82. The number of hydrogen-bond donors (Lipinski definition) is 1. The molecular weight excluding hydrogens is 300 g/mol. The van der Waals surface area contributed by atoms with Crippen LogP contribution in [0.4, 0.5) is 0 Å². The molecule has 1 aromatic rings. The largest absolute Gasteiger partial charge is 0.356 e. The van der Waals surface area contributed by atoms with Crippen LogP contribution in [0.5, 0.6) is 0 Å². The van der Waals surface area contributed by atoms with Crippen LogP contribution >= 0.6 is 0 Å². The molecule has 4 nitrogen and oxygen atoms in total. The lowest BCUT2D eigenvalue weighted by Crippen LogP contribution is -2.36. The number of rotatable bonds is 6. The van der Waals surface area contributed by atoms with Crippen molar-refractivity contribution in [3.63, 3.8) is 0 Å². The van der Waals surface area contributed by atoms with Crippen LogP contribution in [-0.4, -0.2) is 29.8 Å². The van der Waals surface area contributed by atoms with Crippen LogP contribution in [0, 0.1) is 5.92 Å². The first-order valence-electron chi connectivity index (χ1n) is 9.00. The lowest BCUT2D eigenvalue weighted by atomic mass is 9.99. The average molecular weight is 326 g/mol. The Kier molecular flexibility index (Phi) is 5.68. The zero-order valence-corrected chi connectivity index (χ0v) is 14.2. The van der Waals surface area contributed by atoms with Gasteiger partial charge in [0.25, 0.3) is 0 Å². The maximum absolute atomic E-state index is 12.3. The standard InChI is InChI=1S/C20H26N2O2/c23-19(14-16-6-1-2-7-16)21-12-5-10-20(24)22-13-11-17-8-3-4-9-18(17)15-22/h1,3-4,6,8-9,16H,2,5,7,10-15H2,(H,21,23)/t16-/m0/s1. The second-order valence-corrected chi connectivity index (χ2v) is 6.76. The number of carbonyl (C=O) groups excluding carboxylic acids is 2. The van der Waals surface area contributed by atoms with Crippen LogP contribution in [0.2, 0.25) is 0 Å². The SMILES string of the molecule is O=C(C[C@H]1C=CCC1)NCCCC(=O)N1CCc2ccccc2C1. The van der Waals surface area contributed by atoms with Gasteiger partial charge in [0.1, 0.15) is 0 Å². The van der Waals surface area contributed by atoms with Gasteiger partial charge in [0.2, 0.25) is 11.8 Å². The molecule has 1 heterocycles. The lowest BCUT2D eigenvalue weighted by molar-refractivity contribution is -0.132. The summed E-state index contributed by atoms with van der Waals surface area (Å²) in [6, 6.07) is 8.33. The number of nitrogens with one attached hydrogen (secondary N) is 1. The molecule has 128 valence electrons. The van der Waals surface area contributed by atoms with Crippen molar-refractivity contribution in [3.05, 3.63) is 47.5 Å². The van der Waals surface area contributed by atoms with E-state index in [1.54, 1.807) is 0 Å². The molecule has 2 amide bonds. The van der Waals surface area contributed by atoms with E-state index in [-0.39, 0.29) is 11.8 Å². The number of nitrogens with zero attached hydrogens (tertiary/aromatic N) is 1. The Bertz CT molecular complexity index is 624. The van der Waals surface area contributed by atoms with Crippen molar-refractivity contribution in [1.29, 1.82) is 0 Å². The molecule has 0 fully saturated rings. The first-order valence-corrected chi connectivity index (χ1v) is 9.00. The Morgan fingerprint density at radius 3 is 2.83 bits per heavy atom. The number of benzene rings is 1. The third-order valence-electron chi connectivity index (χ3n) is 4.93. The van der Waals surface area contributed by atoms with Gasteiger partial charge in [-0.1, -0.05) is 36.4 Å². The molecule has 2 aliphatic rings. The molecular formula is C20H26N2O2. The molecule has 4 heteroatoms. The molecule has 3 rings (SSSR count). The summed E-state index contributed by atoms with van der Waals surface area (Å²) in [5.74, 6) is 0.698. The van der Waals surface area contributed by atoms with Crippen LogP contribution in [0.1, 0.15) is 43.2 Å². The number of amides is 2. The fraction of sp³-hybridized carbons (Fsp3) is 0.500. The van der Waals surface area contributed by atoms with Crippen molar-refractivity contribution in [3.8, 4) is 0 Å². The maximum Gasteiger partial charge on any atom is 0.222 e. The Morgan fingerprint density at radius 1 is 1.21 bits per heavy atom. The van der Waals surface area contributed by atoms with Crippen LogP contribution in [0.15, 0.2) is 36.4 Å². The summed E-state index contributed by atoms with van der Waals surface area (Å²) in [5, 5.41) is 2.94. The van der Waals surface area contributed by atoms with Crippen LogP contribution < -0.4 is 5.32 Å². The van der Waals surface area contributed by atoms with Gasteiger partial charge in [0.15, 0.2) is 0 Å². The van der Waals surface area contributed by atoms with E-state index >= 15 is 0 Å². The third kappa shape index (κ3) is 4.47. The highest BCUT2D eigenvalue weighted by Crippen LogP contribution is 2.20. The second-order valence-electron chi connectivity index (χ2n) is 6.76. The number of carbonyl (C=O) groups is 2. The maximum atomic E-state index is 12.3. The Balaban J connectivity index is 1.34. The second kappa shape index (κ2) is 8.13. The molecule has 24 heavy (non-hydrogen) atoms. The first-order chi connectivity index (χ1) is 11.7. The van der Waals surface area contributed by atoms with E-state index in [4.69, 9.17) is 0 Å². The van der Waals surface area contributed by atoms with Gasteiger partial charge in [-0.05, 0) is 42.7 Å². The van der Waals surface area contributed by atoms with E-state index in [1.807, 2.05) is 11.0 Å². The summed E-state index contributed by atoms with van der Waals surface area (Å²) in [4.78, 5) is 26.1. The summed E-state index contributed by atoms with van der Waals surface area (Å²) in [6.45, 7) is 2.11. The third-order valence-corrected chi connectivity index (χ3v) is 4.93. The molecule has 1 aliphatic heterocycles. The summed E-state index contributed by atoms with van der Waals surface area (Å²) in [6.07, 6.45) is 9.19. The molecule has 0 radical (unpaired) electrons. The van der Waals surface area contributed by atoms with Crippen molar-refractivity contribution in [2.45, 2.75) is 45.1 Å². The summed E-state index contributed by atoms with van der Waals surface area (Å²) in [5.41, 5.74) is 2.62. The monoisotopic (exact) mass is 326 g/mol. The van der Waals surface area contributed by atoms with Crippen molar-refractivity contribution in [2.24, 2.45) is 5.92 Å². The minimum atomic E-state index is 0.103. The zero-order valence-electron chi connectivity index (χ0n) is 14.2. The van der Waals surface area contributed by atoms with Gasteiger partial charge in [0.05, 0.1) is 0 Å². The van der Waals surface area contributed by atoms with Crippen LogP contribution in [-0.2, 0) is 22.6 Å². The van der Waals surface area contributed by atoms with Gasteiger partial charge < -0.3 is 10.2 Å². The molecule has 1 aliphatic carbocycles. The summed E-state index contributed by atoms with van der Waals surface area (Å²) < 4.78 is 0. The van der Waals surface area contributed by atoms with E-state index in [1.165, 1.54) is 11.1 Å². The van der Waals surface area contributed by atoms with E-state index in [0.29, 0.717) is 31.7 Å². The summed E-state index contributed by atoms with van der Waals surface area (Å²) >= 11 is 0. The minimum Gasteiger partial charge on any atom is -0.356 e. The van der Waals surface area contributed by atoms with E-state index in [2.05, 4.69) is 35.7 Å². The van der Waals surface area contributed by atoms with Gasteiger partial charge >= 0.3 is 0 Å². The highest BCUT2D eigenvalue weighted by molar-refractivity contribution is 5.77. The predicted molar refractivity (Wildman–Crippen MR) is 94.3 cm³/mol. The normalized spacial score (nSPS) is 19.2. The van der Waals surface area contributed by atoms with Gasteiger partial charge in [0, 0.05) is 32.5 Å². The fourth-order valence-electron chi connectivity index (χ4n) is 3.51. The van der Waals surface area contributed by atoms with Crippen molar-refractivity contribution < 1.29 is 9.59 Å². The lowest BCUT2D eigenvalue weighted by Gasteiger charge is -2.29. The zero-order chi connectivity index (χ0) is 16.8. The highest BCUT2D eigenvalue weighted by Gasteiger charge is 2.20. The number of hydrogen-bond acceptors (Lipinski definition) is 2. The minimum absolute atomic E-state index is 0.103. The Labute approximate surface area is 143 Å². The Morgan fingerprint density at radius 2 is 2.04 bits per heavy atom.